The van der Waals surface area contributed by atoms with Crippen LogP contribution in [-0.4, -0.2) is 31.1 Å². The van der Waals surface area contributed by atoms with E-state index in [-0.39, 0.29) is 0 Å². The lowest BCUT2D eigenvalue weighted by molar-refractivity contribution is 0.592. The Bertz CT molecular complexity index is 2460. The molecule has 0 spiro atoms. The maximum atomic E-state index is 15.8. The molecule has 1 aromatic heterocycles. The summed E-state index contributed by atoms with van der Waals surface area (Å²) in [7, 11) is -7.53. The first-order valence-corrected chi connectivity index (χ1v) is 24.9. The van der Waals surface area contributed by atoms with E-state index in [9.17, 15) is 0 Å². The van der Waals surface area contributed by atoms with Crippen LogP contribution in [-0.2, 0) is 4.57 Å². The maximum absolute atomic E-state index is 15.8. The Labute approximate surface area is 295 Å². The highest BCUT2D eigenvalue weighted by Crippen LogP contribution is 2.45. The van der Waals surface area contributed by atoms with Gasteiger partial charge in [-0.3, -0.25) is 0 Å². The highest BCUT2D eigenvalue weighted by molar-refractivity contribution is 7.87. The van der Waals surface area contributed by atoms with E-state index in [0.29, 0.717) is 17.5 Å². The van der Waals surface area contributed by atoms with E-state index in [1.54, 1.807) is 0 Å². The first kappa shape index (κ1) is 31.0. The standard InChI is InChI=1S/C43H36N3OPSi2/c1-49(2)37-23-15-14-22-35(37)48(47,32-20-12-7-13-21-32)36-28-39-34(27-40(36)49)33-25-24-31(26-38(33)50(39,3)4)43-45-41(29-16-8-5-9-17-29)44-42(46-43)30-18-10-6-11-19-30/h5-28H,1-4H3. The average Bonchev–Trinajstić information content (AvgIpc) is 3.39. The van der Waals surface area contributed by atoms with E-state index in [2.05, 4.69) is 92.9 Å². The van der Waals surface area contributed by atoms with E-state index in [4.69, 9.17) is 15.0 Å². The number of hydrogen-bond acceptors (Lipinski definition) is 4. The summed E-state index contributed by atoms with van der Waals surface area (Å²) in [6.45, 7) is 9.70. The monoisotopic (exact) mass is 697 g/mol. The van der Waals surface area contributed by atoms with Crippen molar-refractivity contribution in [3.63, 3.8) is 0 Å². The van der Waals surface area contributed by atoms with Crippen LogP contribution in [0.15, 0.2) is 146 Å². The molecule has 0 amide bonds. The molecule has 0 aliphatic carbocycles. The molecule has 6 aromatic carbocycles. The van der Waals surface area contributed by atoms with Crippen LogP contribution in [0.1, 0.15) is 0 Å². The number of benzene rings is 6. The topological polar surface area (TPSA) is 55.7 Å². The van der Waals surface area contributed by atoms with Crippen LogP contribution in [0.4, 0.5) is 0 Å². The zero-order valence-corrected chi connectivity index (χ0v) is 31.4. The summed E-state index contributed by atoms with van der Waals surface area (Å²) in [6.07, 6.45) is 0. The molecule has 2 aliphatic heterocycles. The van der Waals surface area contributed by atoms with Gasteiger partial charge in [-0.25, -0.2) is 15.0 Å². The van der Waals surface area contributed by atoms with Gasteiger partial charge in [0.05, 0.1) is 0 Å². The Morgan fingerprint density at radius 2 is 0.920 bits per heavy atom. The van der Waals surface area contributed by atoms with Crippen molar-refractivity contribution >= 4 is 60.0 Å². The van der Waals surface area contributed by atoms with Gasteiger partial charge in [0.1, 0.15) is 16.1 Å². The number of rotatable bonds is 4. The molecule has 7 heteroatoms. The van der Waals surface area contributed by atoms with Crippen LogP contribution in [0.25, 0.3) is 45.3 Å². The van der Waals surface area contributed by atoms with Crippen LogP contribution in [0.3, 0.4) is 0 Å². The van der Waals surface area contributed by atoms with E-state index >= 15 is 4.57 Å². The second kappa shape index (κ2) is 11.3. The molecular formula is C43H36N3OPSi2. The Balaban J connectivity index is 1.23. The maximum Gasteiger partial charge on any atom is 0.170 e. The first-order chi connectivity index (χ1) is 24.2. The van der Waals surface area contributed by atoms with Crippen LogP contribution >= 0.6 is 7.14 Å². The molecule has 0 fully saturated rings. The molecule has 0 radical (unpaired) electrons. The van der Waals surface area contributed by atoms with E-state index < -0.39 is 23.3 Å². The molecule has 0 saturated heterocycles. The fourth-order valence-corrected chi connectivity index (χ4v) is 19.5. The summed E-state index contributed by atoms with van der Waals surface area (Å²) in [5, 5.41) is 8.27. The summed E-state index contributed by atoms with van der Waals surface area (Å²) in [4.78, 5) is 15.0. The SMILES string of the molecule is C[Si]1(C)c2cc(-c3nc(-c4ccccc4)nc(-c4ccccc4)n3)ccc2-c2cc3c(cc21)P(=O)(c1ccccc1)c1ccccc1[Si]3(C)C. The van der Waals surface area contributed by atoms with E-state index in [1.165, 1.54) is 31.9 Å². The number of aromatic nitrogens is 3. The second-order valence-corrected chi connectivity index (χ2v) is 25.8. The van der Waals surface area contributed by atoms with Crippen molar-refractivity contribution < 1.29 is 4.57 Å². The molecule has 0 bridgehead atoms. The van der Waals surface area contributed by atoms with Crippen molar-refractivity contribution in [3.8, 4) is 45.3 Å². The molecule has 0 N–H and O–H groups in total. The fourth-order valence-electron chi connectivity index (χ4n) is 8.08. The van der Waals surface area contributed by atoms with Crippen molar-refractivity contribution in [3.05, 3.63) is 146 Å². The molecule has 7 aromatic rings. The van der Waals surface area contributed by atoms with Crippen molar-refractivity contribution in [2.24, 2.45) is 0 Å². The Morgan fingerprint density at radius 1 is 0.420 bits per heavy atom. The number of fused-ring (bicyclic) bond motifs is 5. The van der Waals surface area contributed by atoms with Gasteiger partial charge in [0.2, 0.25) is 0 Å². The molecule has 242 valence electrons. The first-order valence-electron chi connectivity index (χ1n) is 17.1. The van der Waals surface area contributed by atoms with Crippen molar-refractivity contribution in [1.82, 2.24) is 15.0 Å². The van der Waals surface area contributed by atoms with Gasteiger partial charge in [-0.05, 0) is 31.9 Å². The minimum atomic E-state index is -3.11. The molecule has 1 atom stereocenters. The van der Waals surface area contributed by atoms with Gasteiger partial charge < -0.3 is 4.57 Å². The van der Waals surface area contributed by atoms with Crippen LogP contribution in [0, 0.1) is 0 Å². The normalized spacial score (nSPS) is 17.7. The lowest BCUT2D eigenvalue weighted by Gasteiger charge is -2.39. The molecule has 4 nitrogen and oxygen atoms in total. The van der Waals surface area contributed by atoms with Crippen molar-refractivity contribution in [2.45, 2.75) is 26.2 Å². The Kier molecular flexibility index (Phi) is 6.98. The third kappa shape index (κ3) is 4.56. The zero-order chi connectivity index (χ0) is 34.3. The molecule has 2 aliphatic rings. The molecule has 1 unspecified atom stereocenters. The van der Waals surface area contributed by atoms with E-state index in [0.717, 1.165) is 32.6 Å². The van der Waals surface area contributed by atoms with Gasteiger partial charge in [0.15, 0.2) is 24.6 Å². The average molecular weight is 698 g/mol. The fraction of sp³-hybridized carbons (Fsp3) is 0.0930. The van der Waals surface area contributed by atoms with E-state index in [1.807, 2.05) is 78.9 Å². The van der Waals surface area contributed by atoms with Gasteiger partial charge in [-0.15, -0.1) is 0 Å². The van der Waals surface area contributed by atoms with Gasteiger partial charge >= 0.3 is 0 Å². The number of hydrogen-bond donors (Lipinski definition) is 0. The van der Waals surface area contributed by atoms with Crippen molar-refractivity contribution in [1.29, 1.82) is 0 Å². The van der Waals surface area contributed by atoms with Gasteiger partial charge in [0.25, 0.3) is 0 Å². The predicted octanol–water partition coefficient (Wildman–Crippen LogP) is 6.45. The Hall–Kier alpha value is -5.01. The Morgan fingerprint density at radius 3 is 1.54 bits per heavy atom. The minimum absolute atomic E-state index is 0.658. The quantitative estimate of drug-likeness (QED) is 0.157. The molecule has 3 heterocycles. The predicted molar refractivity (Wildman–Crippen MR) is 214 cm³/mol. The molecule has 0 saturated carbocycles. The third-order valence-electron chi connectivity index (χ3n) is 10.8. The largest absolute Gasteiger partial charge is 0.309 e. The summed E-state index contributed by atoms with van der Waals surface area (Å²) < 4.78 is 15.8. The molecular weight excluding hydrogens is 662 g/mol. The van der Waals surface area contributed by atoms with Gasteiger partial charge in [0, 0.05) is 32.6 Å². The minimum Gasteiger partial charge on any atom is -0.309 e. The lowest BCUT2D eigenvalue weighted by Crippen LogP contribution is -2.67. The zero-order valence-electron chi connectivity index (χ0n) is 28.6. The molecule has 9 rings (SSSR count). The highest BCUT2D eigenvalue weighted by atomic mass is 31.2. The lowest BCUT2D eigenvalue weighted by atomic mass is 10.0. The number of nitrogens with zero attached hydrogens (tertiary/aromatic N) is 3. The smallest absolute Gasteiger partial charge is 0.170 e. The van der Waals surface area contributed by atoms with Crippen molar-refractivity contribution in [2.75, 3.05) is 0 Å². The van der Waals surface area contributed by atoms with Crippen LogP contribution < -0.4 is 36.7 Å². The third-order valence-corrected chi connectivity index (χ3v) is 21.4. The summed E-state index contributed by atoms with van der Waals surface area (Å²) in [5.74, 6) is 1.98. The summed E-state index contributed by atoms with van der Waals surface area (Å²) >= 11 is 0. The summed E-state index contributed by atoms with van der Waals surface area (Å²) in [6, 6.07) is 50.5. The van der Waals surface area contributed by atoms with Gasteiger partial charge in [-0.2, -0.15) is 0 Å². The molecule has 50 heavy (non-hydrogen) atoms. The van der Waals surface area contributed by atoms with Gasteiger partial charge in [-0.1, -0.05) is 172 Å². The van der Waals surface area contributed by atoms with Crippen LogP contribution in [0.5, 0.6) is 0 Å². The van der Waals surface area contributed by atoms with Crippen LogP contribution in [0.2, 0.25) is 26.2 Å². The second-order valence-electron chi connectivity index (χ2n) is 14.4. The summed E-state index contributed by atoms with van der Waals surface area (Å²) in [5.41, 5.74) is 5.47. The highest BCUT2D eigenvalue weighted by Gasteiger charge is 2.48.